The lowest BCUT2D eigenvalue weighted by Crippen LogP contribution is -2.37. The van der Waals surface area contributed by atoms with Crippen LogP contribution in [0.2, 0.25) is 0 Å². The summed E-state index contributed by atoms with van der Waals surface area (Å²) in [7, 11) is 1.87. The van der Waals surface area contributed by atoms with E-state index in [4.69, 9.17) is 0 Å². The number of amides is 1. The Morgan fingerprint density at radius 3 is 2.67 bits per heavy atom. The summed E-state index contributed by atoms with van der Waals surface area (Å²) in [5, 5.41) is 3.24. The standard InChI is InChI=1S/C15H22N2O/c1-12(14-6-4-3-5-7-14)17(2)15(18)11-16-10-13-8-9-13/h3-7,12-13,16H,8-11H2,1-2H3. The monoisotopic (exact) mass is 246 g/mol. The molecule has 0 aromatic heterocycles. The van der Waals surface area contributed by atoms with Crippen LogP contribution in [0.15, 0.2) is 30.3 Å². The van der Waals surface area contributed by atoms with Crippen LogP contribution in [0, 0.1) is 5.92 Å². The van der Waals surface area contributed by atoms with E-state index in [1.54, 1.807) is 0 Å². The zero-order chi connectivity index (χ0) is 13.0. The Morgan fingerprint density at radius 2 is 2.06 bits per heavy atom. The summed E-state index contributed by atoms with van der Waals surface area (Å²) in [4.78, 5) is 13.8. The number of hydrogen-bond acceptors (Lipinski definition) is 2. The molecule has 1 saturated carbocycles. The maximum atomic E-state index is 12.0. The lowest BCUT2D eigenvalue weighted by atomic mass is 10.1. The third kappa shape index (κ3) is 3.57. The third-order valence-corrected chi connectivity index (χ3v) is 3.66. The van der Waals surface area contributed by atoms with E-state index in [1.807, 2.05) is 30.1 Å². The van der Waals surface area contributed by atoms with Crippen molar-refractivity contribution in [2.24, 2.45) is 5.92 Å². The minimum absolute atomic E-state index is 0.126. The maximum Gasteiger partial charge on any atom is 0.236 e. The molecule has 98 valence electrons. The number of carbonyl (C=O) groups excluding carboxylic acids is 1. The van der Waals surface area contributed by atoms with E-state index in [0.717, 1.165) is 12.5 Å². The van der Waals surface area contributed by atoms with Crippen molar-refractivity contribution in [2.45, 2.75) is 25.8 Å². The van der Waals surface area contributed by atoms with Crippen LogP contribution in [0.1, 0.15) is 31.4 Å². The van der Waals surface area contributed by atoms with Crippen LogP contribution in [-0.2, 0) is 4.79 Å². The predicted octanol–water partition coefficient (Wildman–Crippen LogP) is 2.21. The van der Waals surface area contributed by atoms with Crippen LogP contribution >= 0.6 is 0 Å². The predicted molar refractivity (Wildman–Crippen MR) is 73.2 cm³/mol. The van der Waals surface area contributed by atoms with Gasteiger partial charge in [-0.2, -0.15) is 0 Å². The normalized spacial score (nSPS) is 16.3. The quantitative estimate of drug-likeness (QED) is 0.834. The number of rotatable bonds is 6. The molecule has 1 aromatic rings. The summed E-state index contributed by atoms with van der Waals surface area (Å²) in [5.41, 5.74) is 1.18. The Balaban J connectivity index is 1.81. The molecule has 1 aliphatic carbocycles. The lowest BCUT2D eigenvalue weighted by molar-refractivity contribution is -0.130. The molecule has 3 heteroatoms. The second-order valence-corrected chi connectivity index (χ2v) is 5.17. The Labute approximate surface area is 109 Å². The third-order valence-electron chi connectivity index (χ3n) is 3.66. The molecule has 1 N–H and O–H groups in total. The number of carbonyl (C=O) groups is 1. The molecule has 0 spiro atoms. The first-order valence-electron chi connectivity index (χ1n) is 6.70. The molecule has 0 saturated heterocycles. The van der Waals surface area contributed by atoms with Crippen molar-refractivity contribution >= 4 is 5.91 Å². The highest BCUT2D eigenvalue weighted by atomic mass is 16.2. The Morgan fingerprint density at radius 1 is 1.39 bits per heavy atom. The van der Waals surface area contributed by atoms with Crippen LogP contribution in [0.4, 0.5) is 0 Å². The van der Waals surface area contributed by atoms with Gasteiger partial charge in [-0.3, -0.25) is 4.79 Å². The van der Waals surface area contributed by atoms with Gasteiger partial charge in [0.1, 0.15) is 0 Å². The molecule has 1 unspecified atom stereocenters. The largest absolute Gasteiger partial charge is 0.338 e. The van der Waals surface area contributed by atoms with Gasteiger partial charge in [-0.25, -0.2) is 0 Å². The molecule has 1 amide bonds. The van der Waals surface area contributed by atoms with E-state index in [2.05, 4.69) is 24.4 Å². The first kappa shape index (κ1) is 13.1. The molecule has 0 radical (unpaired) electrons. The first-order chi connectivity index (χ1) is 8.68. The van der Waals surface area contributed by atoms with E-state index < -0.39 is 0 Å². The van der Waals surface area contributed by atoms with Crippen molar-refractivity contribution < 1.29 is 4.79 Å². The van der Waals surface area contributed by atoms with Crippen LogP contribution in [0.5, 0.6) is 0 Å². The summed E-state index contributed by atoms with van der Waals surface area (Å²) in [6, 6.07) is 10.3. The number of benzene rings is 1. The smallest absolute Gasteiger partial charge is 0.236 e. The molecule has 18 heavy (non-hydrogen) atoms. The second kappa shape index (κ2) is 6.01. The summed E-state index contributed by atoms with van der Waals surface area (Å²) in [6.07, 6.45) is 2.63. The summed E-state index contributed by atoms with van der Waals surface area (Å²) in [5.74, 6) is 0.974. The minimum Gasteiger partial charge on any atom is -0.338 e. The fourth-order valence-electron chi connectivity index (χ4n) is 2.00. The zero-order valence-electron chi connectivity index (χ0n) is 11.2. The Hall–Kier alpha value is -1.35. The number of likely N-dealkylation sites (N-methyl/N-ethyl adjacent to an activating group) is 1. The van der Waals surface area contributed by atoms with E-state index in [1.165, 1.54) is 18.4 Å². The number of nitrogens with zero attached hydrogens (tertiary/aromatic N) is 1. The maximum absolute atomic E-state index is 12.0. The van der Waals surface area contributed by atoms with Crippen LogP contribution < -0.4 is 5.32 Å². The van der Waals surface area contributed by atoms with Crippen LogP contribution in [0.25, 0.3) is 0 Å². The van der Waals surface area contributed by atoms with Crippen molar-refractivity contribution in [3.63, 3.8) is 0 Å². The topological polar surface area (TPSA) is 32.3 Å². The molecule has 1 aromatic carbocycles. The highest BCUT2D eigenvalue weighted by Crippen LogP contribution is 2.27. The van der Waals surface area contributed by atoms with E-state index >= 15 is 0 Å². The van der Waals surface area contributed by atoms with E-state index in [0.29, 0.717) is 6.54 Å². The molecular weight excluding hydrogens is 224 g/mol. The molecule has 2 rings (SSSR count). The van der Waals surface area contributed by atoms with Crippen LogP contribution in [-0.4, -0.2) is 30.9 Å². The molecule has 1 atom stereocenters. The molecule has 0 bridgehead atoms. The van der Waals surface area contributed by atoms with Gasteiger partial charge in [0.25, 0.3) is 0 Å². The van der Waals surface area contributed by atoms with Crippen LogP contribution in [0.3, 0.4) is 0 Å². The molecule has 3 nitrogen and oxygen atoms in total. The van der Waals surface area contributed by atoms with Gasteiger partial charge in [0, 0.05) is 7.05 Å². The molecule has 0 aliphatic heterocycles. The zero-order valence-corrected chi connectivity index (χ0v) is 11.2. The first-order valence-corrected chi connectivity index (χ1v) is 6.70. The summed E-state index contributed by atoms with van der Waals surface area (Å²) >= 11 is 0. The van der Waals surface area contributed by atoms with Gasteiger partial charge in [0.05, 0.1) is 12.6 Å². The highest BCUT2D eigenvalue weighted by molar-refractivity contribution is 5.78. The van der Waals surface area contributed by atoms with Gasteiger partial charge in [-0.05, 0) is 37.8 Å². The fraction of sp³-hybridized carbons (Fsp3) is 0.533. The Kier molecular flexibility index (Phi) is 4.37. The van der Waals surface area contributed by atoms with Gasteiger partial charge in [-0.15, -0.1) is 0 Å². The van der Waals surface area contributed by atoms with Gasteiger partial charge in [0.2, 0.25) is 5.91 Å². The summed E-state index contributed by atoms with van der Waals surface area (Å²) < 4.78 is 0. The van der Waals surface area contributed by atoms with Gasteiger partial charge >= 0.3 is 0 Å². The van der Waals surface area contributed by atoms with Crippen molar-refractivity contribution in [1.82, 2.24) is 10.2 Å². The SMILES string of the molecule is CC(c1ccccc1)N(C)C(=O)CNCC1CC1. The number of nitrogens with one attached hydrogen (secondary N) is 1. The van der Waals surface area contributed by atoms with Crippen molar-refractivity contribution in [1.29, 1.82) is 0 Å². The summed E-state index contributed by atoms with van der Waals surface area (Å²) in [6.45, 7) is 3.50. The fourth-order valence-corrected chi connectivity index (χ4v) is 2.00. The van der Waals surface area contributed by atoms with E-state index in [-0.39, 0.29) is 11.9 Å². The average molecular weight is 246 g/mol. The van der Waals surface area contributed by atoms with Gasteiger partial charge in [-0.1, -0.05) is 30.3 Å². The molecule has 1 fully saturated rings. The molecular formula is C15H22N2O. The Bertz CT molecular complexity index is 387. The van der Waals surface area contributed by atoms with Crippen molar-refractivity contribution in [2.75, 3.05) is 20.1 Å². The van der Waals surface area contributed by atoms with Gasteiger partial charge < -0.3 is 10.2 Å². The lowest BCUT2D eigenvalue weighted by Gasteiger charge is -2.25. The average Bonchev–Trinajstić information content (AvgIpc) is 3.22. The van der Waals surface area contributed by atoms with Crippen molar-refractivity contribution in [3.05, 3.63) is 35.9 Å². The minimum atomic E-state index is 0.126. The molecule has 0 heterocycles. The second-order valence-electron chi connectivity index (χ2n) is 5.17. The van der Waals surface area contributed by atoms with E-state index in [9.17, 15) is 4.79 Å². The van der Waals surface area contributed by atoms with Gasteiger partial charge in [0.15, 0.2) is 0 Å². The molecule has 1 aliphatic rings. The van der Waals surface area contributed by atoms with Crippen molar-refractivity contribution in [3.8, 4) is 0 Å². The number of hydrogen-bond donors (Lipinski definition) is 1. The highest BCUT2D eigenvalue weighted by Gasteiger charge is 2.22.